The number of rotatable bonds is 2. The van der Waals surface area contributed by atoms with Crippen LogP contribution in [0.15, 0.2) is 47.4 Å². The highest BCUT2D eigenvalue weighted by atomic mass is 32.2. The monoisotopic (exact) mass is 258 g/mol. The van der Waals surface area contributed by atoms with Crippen molar-refractivity contribution in [2.24, 2.45) is 0 Å². The molecule has 2 aromatic rings. The summed E-state index contributed by atoms with van der Waals surface area (Å²) in [5.74, 6) is 0. The van der Waals surface area contributed by atoms with Crippen LogP contribution in [0.4, 0.5) is 0 Å². The standard InChI is InChI=1S/C13H10N2O2S/c1-18(16,17)13-8-7-11(15-12(13)9-14)10-5-3-2-4-6-10/h2-8H,1H3. The summed E-state index contributed by atoms with van der Waals surface area (Å²) in [6.07, 6.45) is 1.06. The van der Waals surface area contributed by atoms with Crippen LogP contribution in [-0.4, -0.2) is 19.7 Å². The molecule has 0 amide bonds. The second-order valence-corrected chi connectivity index (χ2v) is 5.78. The molecule has 5 heteroatoms. The first kappa shape index (κ1) is 12.3. The van der Waals surface area contributed by atoms with Gasteiger partial charge in [0.15, 0.2) is 15.5 Å². The molecule has 1 aromatic heterocycles. The molecular weight excluding hydrogens is 248 g/mol. The van der Waals surface area contributed by atoms with Crippen molar-refractivity contribution >= 4 is 9.84 Å². The Morgan fingerprint density at radius 2 is 1.78 bits per heavy atom. The minimum absolute atomic E-state index is 0.0373. The van der Waals surface area contributed by atoms with Crippen molar-refractivity contribution in [2.75, 3.05) is 6.26 Å². The Kier molecular flexibility index (Phi) is 3.13. The zero-order chi connectivity index (χ0) is 13.2. The fraction of sp³-hybridized carbons (Fsp3) is 0.0769. The number of aromatic nitrogens is 1. The van der Waals surface area contributed by atoms with Crippen LogP contribution in [0.5, 0.6) is 0 Å². The van der Waals surface area contributed by atoms with E-state index in [-0.39, 0.29) is 10.6 Å². The Morgan fingerprint density at radius 1 is 1.11 bits per heavy atom. The van der Waals surface area contributed by atoms with Gasteiger partial charge in [0.05, 0.1) is 5.69 Å². The molecule has 0 N–H and O–H groups in total. The van der Waals surface area contributed by atoms with Gasteiger partial charge in [-0.25, -0.2) is 13.4 Å². The van der Waals surface area contributed by atoms with E-state index in [4.69, 9.17) is 5.26 Å². The SMILES string of the molecule is CS(=O)(=O)c1ccc(-c2ccccc2)nc1C#N. The van der Waals surface area contributed by atoms with Gasteiger partial charge >= 0.3 is 0 Å². The molecule has 18 heavy (non-hydrogen) atoms. The lowest BCUT2D eigenvalue weighted by Gasteiger charge is -2.04. The normalized spacial score (nSPS) is 10.9. The Balaban J connectivity index is 2.61. The summed E-state index contributed by atoms with van der Waals surface area (Å²) in [7, 11) is -3.43. The molecule has 1 aromatic carbocycles. The van der Waals surface area contributed by atoms with Crippen molar-refractivity contribution in [3.05, 3.63) is 48.2 Å². The van der Waals surface area contributed by atoms with Gasteiger partial charge in [-0.05, 0) is 12.1 Å². The molecular formula is C13H10N2O2S. The zero-order valence-corrected chi connectivity index (χ0v) is 10.5. The molecule has 0 atom stereocenters. The van der Waals surface area contributed by atoms with Crippen molar-refractivity contribution in [2.45, 2.75) is 4.90 Å². The highest BCUT2D eigenvalue weighted by Gasteiger charge is 2.15. The van der Waals surface area contributed by atoms with Crippen molar-refractivity contribution in [1.29, 1.82) is 5.26 Å². The molecule has 90 valence electrons. The molecule has 0 bridgehead atoms. The molecule has 4 nitrogen and oxygen atoms in total. The van der Waals surface area contributed by atoms with Crippen LogP contribution in [-0.2, 0) is 9.84 Å². The average molecular weight is 258 g/mol. The molecule has 0 aliphatic carbocycles. The molecule has 0 fully saturated rings. The van der Waals surface area contributed by atoms with E-state index >= 15 is 0 Å². The van der Waals surface area contributed by atoms with Gasteiger partial charge < -0.3 is 0 Å². The number of sulfone groups is 1. The van der Waals surface area contributed by atoms with E-state index in [1.54, 1.807) is 6.07 Å². The molecule has 0 spiro atoms. The van der Waals surface area contributed by atoms with Gasteiger partial charge in [-0.2, -0.15) is 5.26 Å². The third kappa shape index (κ3) is 2.39. The minimum atomic E-state index is -3.43. The first-order valence-electron chi connectivity index (χ1n) is 5.19. The molecule has 2 rings (SSSR count). The maximum atomic E-state index is 11.5. The summed E-state index contributed by atoms with van der Waals surface area (Å²) in [5, 5.41) is 8.98. The van der Waals surface area contributed by atoms with Gasteiger partial charge in [-0.3, -0.25) is 0 Å². The lowest BCUT2D eigenvalue weighted by molar-refractivity contribution is 0.601. The molecule has 1 heterocycles. The maximum Gasteiger partial charge on any atom is 0.178 e. The van der Waals surface area contributed by atoms with E-state index in [1.807, 2.05) is 36.4 Å². The fourth-order valence-electron chi connectivity index (χ4n) is 1.60. The van der Waals surface area contributed by atoms with E-state index < -0.39 is 9.84 Å². The number of pyridine rings is 1. The molecule has 0 radical (unpaired) electrons. The first-order chi connectivity index (χ1) is 8.52. The van der Waals surface area contributed by atoms with Crippen LogP contribution < -0.4 is 0 Å². The Labute approximate surface area is 105 Å². The smallest absolute Gasteiger partial charge is 0.178 e. The van der Waals surface area contributed by atoms with Gasteiger partial charge in [0.1, 0.15) is 11.0 Å². The summed E-state index contributed by atoms with van der Waals surface area (Å²) in [6.45, 7) is 0. The summed E-state index contributed by atoms with van der Waals surface area (Å²) in [5.41, 5.74) is 1.35. The number of hydrogen-bond acceptors (Lipinski definition) is 4. The predicted octanol–water partition coefficient (Wildman–Crippen LogP) is 2.02. The van der Waals surface area contributed by atoms with Crippen molar-refractivity contribution in [1.82, 2.24) is 4.98 Å². The van der Waals surface area contributed by atoms with Gasteiger partial charge in [0, 0.05) is 11.8 Å². The van der Waals surface area contributed by atoms with Gasteiger partial charge in [-0.1, -0.05) is 30.3 Å². The first-order valence-corrected chi connectivity index (χ1v) is 7.08. The molecule has 0 unspecified atom stereocenters. The van der Waals surface area contributed by atoms with Crippen LogP contribution in [0.3, 0.4) is 0 Å². The van der Waals surface area contributed by atoms with E-state index in [1.165, 1.54) is 6.07 Å². The Morgan fingerprint density at radius 3 is 2.33 bits per heavy atom. The van der Waals surface area contributed by atoms with Crippen LogP contribution in [0.1, 0.15) is 5.69 Å². The number of nitrogens with zero attached hydrogens (tertiary/aromatic N) is 2. The molecule has 0 aliphatic heterocycles. The largest absolute Gasteiger partial charge is 0.236 e. The van der Waals surface area contributed by atoms with Crippen molar-refractivity contribution < 1.29 is 8.42 Å². The predicted molar refractivity (Wildman–Crippen MR) is 67.5 cm³/mol. The summed E-state index contributed by atoms with van der Waals surface area (Å²) >= 11 is 0. The Bertz CT molecular complexity index is 716. The molecule has 0 saturated carbocycles. The number of hydrogen-bond donors (Lipinski definition) is 0. The fourth-order valence-corrected chi connectivity index (χ4v) is 2.35. The average Bonchev–Trinajstić information content (AvgIpc) is 2.38. The number of nitriles is 1. The van der Waals surface area contributed by atoms with Crippen molar-refractivity contribution in [3.63, 3.8) is 0 Å². The van der Waals surface area contributed by atoms with Crippen LogP contribution in [0.2, 0.25) is 0 Å². The van der Waals surface area contributed by atoms with E-state index in [0.717, 1.165) is 11.8 Å². The third-order valence-electron chi connectivity index (χ3n) is 2.43. The second-order valence-electron chi connectivity index (χ2n) is 3.79. The van der Waals surface area contributed by atoms with Gasteiger partial charge in [0.25, 0.3) is 0 Å². The lowest BCUT2D eigenvalue weighted by atomic mass is 10.1. The van der Waals surface area contributed by atoms with E-state index in [0.29, 0.717) is 5.69 Å². The minimum Gasteiger partial charge on any atom is -0.236 e. The van der Waals surface area contributed by atoms with Crippen LogP contribution in [0, 0.1) is 11.3 Å². The van der Waals surface area contributed by atoms with Gasteiger partial charge in [-0.15, -0.1) is 0 Å². The summed E-state index contributed by atoms with van der Waals surface area (Å²) in [4.78, 5) is 4.05. The van der Waals surface area contributed by atoms with E-state index in [9.17, 15) is 8.42 Å². The summed E-state index contributed by atoms with van der Waals surface area (Å²) in [6, 6.07) is 14.1. The third-order valence-corrected chi connectivity index (χ3v) is 3.56. The zero-order valence-electron chi connectivity index (χ0n) is 9.66. The van der Waals surface area contributed by atoms with Crippen LogP contribution in [0.25, 0.3) is 11.3 Å². The highest BCUT2D eigenvalue weighted by molar-refractivity contribution is 7.90. The molecule has 0 aliphatic rings. The summed E-state index contributed by atoms with van der Waals surface area (Å²) < 4.78 is 22.9. The van der Waals surface area contributed by atoms with Gasteiger partial charge in [0.2, 0.25) is 0 Å². The second kappa shape index (κ2) is 4.59. The highest BCUT2D eigenvalue weighted by Crippen LogP contribution is 2.20. The molecule has 0 saturated heterocycles. The topological polar surface area (TPSA) is 70.8 Å². The van der Waals surface area contributed by atoms with Crippen molar-refractivity contribution in [3.8, 4) is 17.3 Å². The van der Waals surface area contributed by atoms with Crippen LogP contribution >= 0.6 is 0 Å². The Hall–Kier alpha value is -2.19. The lowest BCUT2D eigenvalue weighted by Crippen LogP contribution is -2.03. The quantitative estimate of drug-likeness (QED) is 0.826. The number of benzene rings is 1. The van der Waals surface area contributed by atoms with E-state index in [2.05, 4.69) is 4.98 Å². The maximum absolute atomic E-state index is 11.5.